The predicted octanol–water partition coefficient (Wildman–Crippen LogP) is 2.61. The van der Waals surface area contributed by atoms with Crippen LogP contribution in [0.5, 0.6) is 0 Å². The molecule has 178 valence electrons. The molecule has 3 rings (SSSR count). The zero-order valence-electron chi connectivity index (χ0n) is 17.6. The minimum Gasteiger partial charge on any atom is -0.468 e. The summed E-state index contributed by atoms with van der Waals surface area (Å²) in [5, 5.41) is 2.93. The lowest BCUT2D eigenvalue weighted by molar-refractivity contribution is -0.142. The minimum atomic E-state index is -3.84. The van der Waals surface area contributed by atoms with Gasteiger partial charge in [-0.15, -0.1) is 0 Å². The van der Waals surface area contributed by atoms with Crippen molar-refractivity contribution in [3.05, 3.63) is 57.8 Å². The molecular weight excluding hydrogens is 511 g/mol. The minimum absolute atomic E-state index is 0.0741. The van der Waals surface area contributed by atoms with E-state index in [0.717, 1.165) is 0 Å². The van der Waals surface area contributed by atoms with E-state index in [9.17, 15) is 18.0 Å². The lowest BCUT2D eigenvalue weighted by Gasteiger charge is -2.27. The maximum absolute atomic E-state index is 12.7. The number of benzene rings is 1. The number of ether oxygens (including phenoxy) is 1. The molecule has 1 atom stereocenters. The third-order valence-electron chi connectivity index (χ3n) is 4.82. The van der Waals surface area contributed by atoms with Gasteiger partial charge in [-0.2, -0.15) is 29.2 Å². The number of hydrogen-bond acceptors (Lipinski definition) is 7. The van der Waals surface area contributed by atoms with E-state index in [1.165, 1.54) is 23.8 Å². The van der Waals surface area contributed by atoms with Crippen molar-refractivity contribution in [2.75, 3.05) is 37.0 Å². The van der Waals surface area contributed by atoms with Gasteiger partial charge in [-0.05, 0) is 24.1 Å². The van der Waals surface area contributed by atoms with Crippen LogP contribution in [0.15, 0.2) is 36.7 Å². The maximum Gasteiger partial charge on any atom is 0.324 e. The Kier molecular flexibility index (Phi) is 8.96. The van der Waals surface area contributed by atoms with E-state index in [0.29, 0.717) is 35.8 Å². The molecule has 1 aliphatic rings. The molecule has 1 aliphatic heterocycles. The molecule has 2 N–H and O–H groups in total. The van der Waals surface area contributed by atoms with Crippen molar-refractivity contribution in [2.24, 2.45) is 0 Å². The molecule has 9 nitrogen and oxygen atoms in total. The summed E-state index contributed by atoms with van der Waals surface area (Å²) < 4.78 is 34.0. The van der Waals surface area contributed by atoms with Crippen LogP contribution < -0.4 is 10.0 Å². The van der Waals surface area contributed by atoms with Crippen molar-refractivity contribution in [2.45, 2.75) is 12.5 Å². The lowest BCUT2D eigenvalue weighted by atomic mass is 10.1. The molecule has 1 fully saturated rings. The molecular formula is C20H22Cl2N4O5S2. The first kappa shape index (κ1) is 25.7. The van der Waals surface area contributed by atoms with Gasteiger partial charge in [-0.3, -0.25) is 14.6 Å². The van der Waals surface area contributed by atoms with E-state index in [1.54, 1.807) is 36.0 Å². The summed E-state index contributed by atoms with van der Waals surface area (Å²) in [4.78, 5) is 28.6. The van der Waals surface area contributed by atoms with Gasteiger partial charge in [0.25, 0.3) is 16.1 Å². The van der Waals surface area contributed by atoms with Crippen LogP contribution in [0.3, 0.4) is 0 Å². The summed E-state index contributed by atoms with van der Waals surface area (Å²) >= 11 is 13.7. The zero-order valence-corrected chi connectivity index (χ0v) is 20.7. The molecule has 33 heavy (non-hydrogen) atoms. The van der Waals surface area contributed by atoms with Crippen LogP contribution in [0.2, 0.25) is 10.0 Å². The molecule has 0 radical (unpaired) electrons. The highest BCUT2D eigenvalue weighted by atomic mass is 35.5. The molecule has 0 bridgehead atoms. The van der Waals surface area contributed by atoms with Crippen molar-refractivity contribution < 1.29 is 22.7 Å². The van der Waals surface area contributed by atoms with Gasteiger partial charge in [-0.1, -0.05) is 35.3 Å². The van der Waals surface area contributed by atoms with Crippen LogP contribution in [0, 0.1) is 0 Å². The van der Waals surface area contributed by atoms with Gasteiger partial charge in [0.1, 0.15) is 6.04 Å². The van der Waals surface area contributed by atoms with Crippen molar-refractivity contribution >= 4 is 62.7 Å². The number of amides is 1. The third kappa shape index (κ3) is 6.81. The number of carbonyl (C=O) groups excluding carboxylic acids is 2. The predicted molar refractivity (Wildman–Crippen MR) is 129 cm³/mol. The molecule has 1 aromatic carbocycles. The summed E-state index contributed by atoms with van der Waals surface area (Å²) in [5.74, 6) is 0.212. The van der Waals surface area contributed by atoms with Gasteiger partial charge < -0.3 is 10.1 Å². The lowest BCUT2D eigenvalue weighted by Crippen LogP contribution is -2.51. The molecule has 13 heteroatoms. The van der Waals surface area contributed by atoms with E-state index in [2.05, 4.69) is 15.0 Å². The van der Waals surface area contributed by atoms with Gasteiger partial charge >= 0.3 is 5.97 Å². The first-order valence-corrected chi connectivity index (χ1v) is 13.2. The molecule has 0 spiro atoms. The quantitative estimate of drug-likeness (QED) is 0.501. The molecule has 1 aromatic heterocycles. The van der Waals surface area contributed by atoms with Crippen LogP contribution in [-0.2, 0) is 26.2 Å². The summed E-state index contributed by atoms with van der Waals surface area (Å²) in [7, 11) is -2.64. The van der Waals surface area contributed by atoms with Gasteiger partial charge in [0, 0.05) is 42.7 Å². The second-order valence-electron chi connectivity index (χ2n) is 7.04. The SMILES string of the molecule is COC(=O)C(Cc1ccc(NC(=O)c2c(Cl)cncc2Cl)cc1)NS(=O)(=O)N1CCSCC1. The Morgan fingerprint density at radius 3 is 2.33 bits per heavy atom. The number of halogens is 2. The third-order valence-corrected chi connectivity index (χ3v) is 7.96. The monoisotopic (exact) mass is 532 g/mol. The summed E-state index contributed by atoms with van der Waals surface area (Å²) in [5.41, 5.74) is 1.24. The number of pyridine rings is 1. The second kappa shape index (κ2) is 11.5. The van der Waals surface area contributed by atoms with Crippen LogP contribution in [0.4, 0.5) is 5.69 Å². The number of thioether (sulfide) groups is 1. The van der Waals surface area contributed by atoms with E-state index < -0.39 is 28.1 Å². The number of nitrogens with one attached hydrogen (secondary N) is 2. The summed E-state index contributed by atoms with van der Waals surface area (Å²) in [6, 6.07) is 5.51. The topological polar surface area (TPSA) is 118 Å². The Bertz CT molecular complexity index is 1090. The summed E-state index contributed by atoms with van der Waals surface area (Å²) in [6.45, 7) is 0.765. The average molecular weight is 533 g/mol. The molecule has 0 saturated carbocycles. The molecule has 1 unspecified atom stereocenters. The number of nitrogens with zero attached hydrogens (tertiary/aromatic N) is 2. The van der Waals surface area contributed by atoms with Crippen LogP contribution in [-0.4, -0.2) is 67.3 Å². The van der Waals surface area contributed by atoms with Crippen LogP contribution in [0.1, 0.15) is 15.9 Å². The number of hydrogen-bond donors (Lipinski definition) is 2. The van der Waals surface area contributed by atoms with Gasteiger partial charge in [0.05, 0.1) is 22.7 Å². The highest BCUT2D eigenvalue weighted by Crippen LogP contribution is 2.24. The summed E-state index contributed by atoms with van der Waals surface area (Å²) in [6.07, 6.45) is 2.72. The van der Waals surface area contributed by atoms with E-state index in [4.69, 9.17) is 27.9 Å². The fourth-order valence-corrected chi connectivity index (χ4v) is 6.16. The Labute approximate surface area is 206 Å². The number of methoxy groups -OCH3 is 1. The number of carbonyl (C=O) groups is 2. The largest absolute Gasteiger partial charge is 0.468 e. The fourth-order valence-electron chi connectivity index (χ4n) is 3.14. The van der Waals surface area contributed by atoms with Gasteiger partial charge in [-0.25, -0.2) is 0 Å². The normalized spacial score (nSPS) is 15.6. The maximum atomic E-state index is 12.7. The van der Waals surface area contributed by atoms with Gasteiger partial charge in [0.15, 0.2) is 0 Å². The highest BCUT2D eigenvalue weighted by Gasteiger charge is 2.31. The molecule has 2 aromatic rings. The van der Waals surface area contributed by atoms with Crippen molar-refractivity contribution in [3.8, 4) is 0 Å². The Balaban J connectivity index is 1.69. The smallest absolute Gasteiger partial charge is 0.324 e. The standard InChI is InChI=1S/C20H22Cl2N4O5S2/c1-31-20(28)17(25-33(29,30)26-6-8-32-9-7-26)10-13-2-4-14(5-3-13)24-19(27)18-15(21)11-23-12-16(18)22/h2-5,11-12,17,25H,6-10H2,1H3,(H,24,27). The van der Waals surface area contributed by atoms with Gasteiger partial charge in [0.2, 0.25) is 0 Å². The molecule has 1 saturated heterocycles. The Morgan fingerprint density at radius 1 is 1.15 bits per heavy atom. The first-order valence-electron chi connectivity index (χ1n) is 9.83. The number of anilines is 1. The van der Waals surface area contributed by atoms with E-state index >= 15 is 0 Å². The molecule has 2 heterocycles. The highest BCUT2D eigenvalue weighted by molar-refractivity contribution is 7.99. The van der Waals surface area contributed by atoms with Crippen molar-refractivity contribution in [1.82, 2.24) is 14.0 Å². The van der Waals surface area contributed by atoms with E-state index in [-0.39, 0.29) is 22.0 Å². The fraction of sp³-hybridized carbons (Fsp3) is 0.350. The van der Waals surface area contributed by atoms with E-state index in [1.807, 2.05) is 0 Å². The average Bonchev–Trinajstić information content (AvgIpc) is 2.79. The first-order chi connectivity index (χ1) is 15.7. The Morgan fingerprint density at radius 2 is 1.76 bits per heavy atom. The Hall–Kier alpha value is -1.89. The number of rotatable bonds is 8. The zero-order chi connectivity index (χ0) is 24.0. The van der Waals surface area contributed by atoms with Crippen LogP contribution >= 0.6 is 35.0 Å². The number of esters is 1. The van der Waals surface area contributed by atoms with Crippen molar-refractivity contribution in [3.63, 3.8) is 0 Å². The number of aromatic nitrogens is 1. The second-order valence-corrected chi connectivity index (χ2v) is 10.8. The molecule has 1 amide bonds. The van der Waals surface area contributed by atoms with Crippen molar-refractivity contribution in [1.29, 1.82) is 0 Å². The van der Waals surface area contributed by atoms with Crippen LogP contribution in [0.25, 0.3) is 0 Å². The molecule has 0 aliphatic carbocycles.